The number of aryl methyl sites for hydroxylation is 1. The second-order valence-electron chi connectivity index (χ2n) is 7.69. The van der Waals surface area contributed by atoms with Crippen molar-refractivity contribution in [1.29, 1.82) is 0 Å². The topological polar surface area (TPSA) is 71.0 Å². The molecule has 0 aliphatic carbocycles. The van der Waals surface area contributed by atoms with Gasteiger partial charge in [-0.05, 0) is 61.0 Å². The first-order chi connectivity index (χ1) is 14.9. The molecule has 0 unspecified atom stereocenters. The van der Waals surface area contributed by atoms with Crippen LogP contribution in [0, 0.1) is 18.7 Å². The molecule has 4 rings (SSSR count). The molecule has 0 saturated carbocycles. The van der Waals surface area contributed by atoms with Crippen LogP contribution in [0.1, 0.15) is 35.3 Å². The molecule has 31 heavy (non-hydrogen) atoms. The van der Waals surface area contributed by atoms with Crippen molar-refractivity contribution in [1.82, 2.24) is 19.9 Å². The number of thiazole rings is 1. The van der Waals surface area contributed by atoms with Crippen LogP contribution in [0.25, 0.3) is 10.4 Å². The van der Waals surface area contributed by atoms with Crippen molar-refractivity contribution in [2.75, 3.05) is 18.4 Å². The quantitative estimate of drug-likeness (QED) is 0.540. The minimum atomic E-state index is -0.307. The summed E-state index contributed by atoms with van der Waals surface area (Å²) in [6, 6.07) is 7.92. The number of carbonyl (C=O) groups excluding carboxylic acids is 1. The molecule has 0 bridgehead atoms. The lowest BCUT2D eigenvalue weighted by Gasteiger charge is -2.40. The van der Waals surface area contributed by atoms with Crippen LogP contribution in [0.3, 0.4) is 0 Å². The van der Waals surface area contributed by atoms with E-state index < -0.39 is 0 Å². The average molecular weight is 460 g/mol. The third kappa shape index (κ3) is 4.85. The summed E-state index contributed by atoms with van der Waals surface area (Å²) in [7, 11) is 0. The van der Waals surface area contributed by atoms with Crippen molar-refractivity contribution < 1.29 is 9.18 Å². The number of hydrogen-bond donors (Lipinski definition) is 1. The van der Waals surface area contributed by atoms with Gasteiger partial charge in [-0.3, -0.25) is 4.79 Å². The summed E-state index contributed by atoms with van der Waals surface area (Å²) in [5, 5.41) is 4.27. The molecule has 1 N–H and O–H groups in total. The zero-order valence-corrected chi connectivity index (χ0v) is 18.9. The summed E-state index contributed by atoms with van der Waals surface area (Å²) < 4.78 is 13.4. The summed E-state index contributed by atoms with van der Waals surface area (Å²) in [6.07, 6.45) is 3.58. The first-order valence-corrected chi connectivity index (χ1v) is 11.4. The van der Waals surface area contributed by atoms with Gasteiger partial charge in [0.15, 0.2) is 0 Å². The number of benzene rings is 1. The largest absolute Gasteiger partial charge is 0.368 e. The zero-order valence-electron chi connectivity index (χ0n) is 17.3. The molecule has 1 aliphatic rings. The van der Waals surface area contributed by atoms with Crippen LogP contribution in [0.4, 0.5) is 10.2 Å². The Morgan fingerprint density at radius 2 is 2.06 bits per heavy atom. The van der Waals surface area contributed by atoms with Crippen molar-refractivity contribution in [3.8, 4) is 10.4 Å². The number of piperidine rings is 1. The molecular formula is C22H23ClFN5OS. The Labute approximate surface area is 189 Å². The predicted octanol–water partition coefficient (Wildman–Crippen LogP) is 5.05. The van der Waals surface area contributed by atoms with Crippen LogP contribution < -0.4 is 5.32 Å². The van der Waals surface area contributed by atoms with Crippen molar-refractivity contribution >= 4 is 34.7 Å². The molecule has 0 radical (unpaired) electrons. The molecule has 1 amide bonds. The highest BCUT2D eigenvalue weighted by atomic mass is 35.5. The van der Waals surface area contributed by atoms with Crippen LogP contribution in [-0.2, 0) is 0 Å². The van der Waals surface area contributed by atoms with Crippen molar-refractivity contribution in [2.24, 2.45) is 5.92 Å². The fourth-order valence-electron chi connectivity index (χ4n) is 3.96. The summed E-state index contributed by atoms with van der Waals surface area (Å²) in [6.45, 7) is 5.26. The van der Waals surface area contributed by atoms with Gasteiger partial charge < -0.3 is 10.2 Å². The lowest BCUT2D eigenvalue weighted by atomic mass is 9.90. The van der Waals surface area contributed by atoms with E-state index in [-0.39, 0.29) is 23.0 Å². The number of halogens is 2. The first kappa shape index (κ1) is 21.6. The summed E-state index contributed by atoms with van der Waals surface area (Å²) in [5.41, 5.74) is 1.23. The number of aromatic nitrogens is 3. The number of likely N-dealkylation sites (tertiary alicyclic amines) is 1. The minimum absolute atomic E-state index is 0.0157. The molecule has 3 aromatic rings. The highest BCUT2D eigenvalue weighted by Gasteiger charge is 2.34. The zero-order chi connectivity index (χ0) is 22.0. The molecule has 0 spiro atoms. The molecule has 9 heteroatoms. The van der Waals surface area contributed by atoms with Crippen molar-refractivity contribution in [3.05, 3.63) is 58.3 Å². The molecule has 1 saturated heterocycles. The molecular weight excluding hydrogens is 437 g/mol. The molecule has 2 atom stereocenters. The predicted molar refractivity (Wildman–Crippen MR) is 121 cm³/mol. The van der Waals surface area contributed by atoms with E-state index in [1.807, 2.05) is 11.8 Å². The molecule has 1 aliphatic heterocycles. The Bertz CT molecular complexity index is 1070. The highest BCUT2D eigenvalue weighted by molar-refractivity contribution is 7.15. The number of nitrogens with zero attached hydrogens (tertiary/aromatic N) is 4. The van der Waals surface area contributed by atoms with E-state index in [0.717, 1.165) is 28.3 Å². The van der Waals surface area contributed by atoms with Crippen molar-refractivity contribution in [3.63, 3.8) is 0 Å². The van der Waals surface area contributed by atoms with E-state index in [0.29, 0.717) is 30.5 Å². The van der Waals surface area contributed by atoms with Gasteiger partial charge in [-0.1, -0.05) is 19.1 Å². The lowest BCUT2D eigenvalue weighted by Crippen LogP contribution is -2.51. The minimum Gasteiger partial charge on any atom is -0.368 e. The molecule has 2 aromatic heterocycles. The van der Waals surface area contributed by atoms with Gasteiger partial charge in [-0.15, -0.1) is 11.3 Å². The third-order valence-electron chi connectivity index (χ3n) is 5.54. The monoisotopic (exact) mass is 459 g/mol. The highest BCUT2D eigenvalue weighted by Crippen LogP contribution is 2.33. The van der Waals surface area contributed by atoms with E-state index >= 15 is 0 Å². The molecule has 1 aromatic carbocycles. The van der Waals surface area contributed by atoms with Crippen LogP contribution in [0.15, 0.2) is 36.5 Å². The number of carbonyl (C=O) groups is 1. The van der Waals surface area contributed by atoms with Gasteiger partial charge in [0.05, 0.1) is 15.9 Å². The Morgan fingerprint density at radius 1 is 1.29 bits per heavy atom. The molecule has 6 nitrogen and oxygen atoms in total. The maximum absolute atomic E-state index is 13.6. The van der Waals surface area contributed by atoms with Gasteiger partial charge in [0.25, 0.3) is 5.91 Å². The normalized spacial score (nSPS) is 18.8. The number of amides is 1. The number of nitrogens with one attached hydrogen (secondary N) is 1. The molecule has 3 heterocycles. The second kappa shape index (κ2) is 9.28. The lowest BCUT2D eigenvalue weighted by molar-refractivity contribution is 0.0535. The van der Waals surface area contributed by atoms with Gasteiger partial charge in [-0.2, -0.15) is 0 Å². The van der Waals surface area contributed by atoms with E-state index in [2.05, 4.69) is 27.2 Å². The van der Waals surface area contributed by atoms with Gasteiger partial charge in [-0.25, -0.2) is 19.3 Å². The molecule has 1 fully saturated rings. The standard InChI is InChI=1S/C22H23ClFN5OS/c1-13-4-3-11-29(17(13)12-26-18-9-10-25-22(23)28-18)21(30)19-20(31-14(2)27-19)15-5-7-16(24)8-6-15/h5-10,13,17H,3-4,11-12H2,1-2H3,(H,25,26,28)/t13-,17-/m0/s1. The second-order valence-corrected chi connectivity index (χ2v) is 9.24. The SMILES string of the molecule is Cc1nc(C(=O)N2CCC[C@H](C)[C@@H]2CNc2ccnc(Cl)n2)c(-c2ccc(F)cc2)s1. The van der Waals surface area contributed by atoms with E-state index in [4.69, 9.17) is 11.6 Å². The molecule has 162 valence electrons. The summed E-state index contributed by atoms with van der Waals surface area (Å²) >= 11 is 7.34. The van der Waals surface area contributed by atoms with E-state index in [1.54, 1.807) is 24.4 Å². The fraction of sp³-hybridized carbons (Fsp3) is 0.364. The Hall–Kier alpha value is -2.58. The first-order valence-electron chi connectivity index (χ1n) is 10.2. The fourth-order valence-corrected chi connectivity index (χ4v) is 5.02. The average Bonchev–Trinajstić information content (AvgIpc) is 3.14. The van der Waals surface area contributed by atoms with Crippen molar-refractivity contribution in [2.45, 2.75) is 32.7 Å². The number of anilines is 1. The summed E-state index contributed by atoms with van der Waals surface area (Å²) in [4.78, 5) is 28.9. The van der Waals surface area contributed by atoms with E-state index in [1.165, 1.54) is 23.5 Å². The Balaban J connectivity index is 1.59. The van der Waals surface area contributed by atoms with Gasteiger partial charge in [0.1, 0.15) is 17.3 Å². The number of rotatable bonds is 5. The van der Waals surface area contributed by atoms with Gasteiger partial charge in [0, 0.05) is 19.3 Å². The number of hydrogen-bond acceptors (Lipinski definition) is 6. The van der Waals surface area contributed by atoms with Crippen LogP contribution in [0.2, 0.25) is 5.28 Å². The Morgan fingerprint density at radius 3 is 2.81 bits per heavy atom. The van der Waals surface area contributed by atoms with Crippen LogP contribution in [-0.4, -0.2) is 44.9 Å². The third-order valence-corrected chi connectivity index (χ3v) is 6.74. The maximum atomic E-state index is 13.6. The Kier molecular flexibility index (Phi) is 6.48. The smallest absolute Gasteiger partial charge is 0.274 e. The maximum Gasteiger partial charge on any atom is 0.274 e. The van der Waals surface area contributed by atoms with Crippen LogP contribution >= 0.6 is 22.9 Å². The van der Waals surface area contributed by atoms with Crippen LogP contribution in [0.5, 0.6) is 0 Å². The van der Waals surface area contributed by atoms with E-state index in [9.17, 15) is 9.18 Å². The van der Waals surface area contributed by atoms with Gasteiger partial charge in [0.2, 0.25) is 5.28 Å². The summed E-state index contributed by atoms with van der Waals surface area (Å²) in [5.74, 6) is 0.541. The van der Waals surface area contributed by atoms with Gasteiger partial charge >= 0.3 is 0 Å².